The lowest BCUT2D eigenvalue weighted by atomic mass is 9.97. The van der Waals surface area contributed by atoms with Crippen LogP contribution in [0.25, 0.3) is 22.5 Å². The monoisotopic (exact) mass is 389 g/mol. The molecule has 3 rings (SSSR count). The number of amides is 1. The Hall–Kier alpha value is -3.36. The Morgan fingerprint density at radius 1 is 1.11 bits per heavy atom. The molecule has 1 aromatic carbocycles. The molecule has 3 N–H and O–H groups in total. The number of hydrogen-bond donors (Lipinski definition) is 3. The number of hydrogen-bond acceptors (Lipinski definition) is 4. The van der Waals surface area contributed by atoms with E-state index >= 15 is 0 Å². The summed E-state index contributed by atoms with van der Waals surface area (Å²) in [5.74, 6) is -0.0636. The number of rotatable bonds is 4. The lowest BCUT2D eigenvalue weighted by molar-refractivity contribution is -0.137. The quantitative estimate of drug-likeness (QED) is 0.633. The molecule has 0 saturated carbocycles. The van der Waals surface area contributed by atoms with Gasteiger partial charge in [0.05, 0.1) is 17.0 Å². The summed E-state index contributed by atoms with van der Waals surface area (Å²) in [5.41, 5.74) is 1.66. The van der Waals surface area contributed by atoms with Crippen molar-refractivity contribution in [2.75, 3.05) is 19.4 Å². The van der Waals surface area contributed by atoms with Gasteiger partial charge >= 0.3 is 6.18 Å². The molecule has 0 fully saturated rings. The van der Waals surface area contributed by atoms with E-state index in [9.17, 15) is 18.0 Å². The molecule has 2 aromatic heterocycles. The lowest BCUT2D eigenvalue weighted by Gasteiger charge is -2.12. The predicted molar refractivity (Wildman–Crippen MR) is 99.9 cm³/mol. The van der Waals surface area contributed by atoms with Crippen LogP contribution < -0.4 is 10.6 Å². The second kappa shape index (κ2) is 7.34. The minimum atomic E-state index is -4.48. The number of halogens is 3. The highest BCUT2D eigenvalue weighted by molar-refractivity contribution is 6.01. The van der Waals surface area contributed by atoms with Crippen LogP contribution in [0.4, 0.5) is 19.1 Å². The third-order valence-electron chi connectivity index (χ3n) is 4.28. The van der Waals surface area contributed by atoms with Crippen LogP contribution in [-0.2, 0) is 6.18 Å². The van der Waals surface area contributed by atoms with Crippen LogP contribution in [0.15, 0.2) is 36.5 Å². The van der Waals surface area contributed by atoms with E-state index in [4.69, 9.17) is 0 Å². The Labute approximate surface area is 159 Å². The van der Waals surface area contributed by atoms with Crippen molar-refractivity contribution in [3.63, 3.8) is 0 Å². The molecular formula is C19H18F3N5O. The van der Waals surface area contributed by atoms with E-state index in [2.05, 4.69) is 25.6 Å². The van der Waals surface area contributed by atoms with Gasteiger partial charge in [-0.15, -0.1) is 0 Å². The topological polar surface area (TPSA) is 82.7 Å². The molecule has 0 atom stereocenters. The summed E-state index contributed by atoms with van der Waals surface area (Å²) in [5, 5.41) is 5.32. The average molecular weight is 389 g/mol. The van der Waals surface area contributed by atoms with Gasteiger partial charge in [0.2, 0.25) is 5.95 Å². The number of aryl methyl sites for hydroxylation is 1. The van der Waals surface area contributed by atoms with Gasteiger partial charge in [-0.1, -0.05) is 6.07 Å². The Kier molecular flexibility index (Phi) is 5.08. The number of H-pyrrole nitrogens is 1. The van der Waals surface area contributed by atoms with Gasteiger partial charge in [-0.2, -0.15) is 13.2 Å². The van der Waals surface area contributed by atoms with Crippen LogP contribution in [0.2, 0.25) is 0 Å². The minimum Gasteiger partial charge on any atom is -0.357 e. The van der Waals surface area contributed by atoms with Crippen LogP contribution in [-0.4, -0.2) is 35.0 Å². The molecule has 3 aromatic rings. The van der Waals surface area contributed by atoms with E-state index in [0.717, 1.165) is 12.1 Å². The van der Waals surface area contributed by atoms with Crippen LogP contribution in [0.1, 0.15) is 21.6 Å². The maximum Gasteiger partial charge on any atom is 0.416 e. The van der Waals surface area contributed by atoms with E-state index in [-0.39, 0.29) is 5.69 Å². The maximum absolute atomic E-state index is 13.2. The fraction of sp³-hybridized carbons (Fsp3) is 0.211. The van der Waals surface area contributed by atoms with Crippen molar-refractivity contribution in [3.8, 4) is 22.5 Å². The van der Waals surface area contributed by atoms with E-state index in [1.807, 2.05) is 0 Å². The Bertz CT molecular complexity index is 1030. The summed E-state index contributed by atoms with van der Waals surface area (Å²) in [4.78, 5) is 23.7. The fourth-order valence-electron chi connectivity index (χ4n) is 2.83. The predicted octanol–water partition coefficient (Wildman–Crippen LogP) is 3.87. The Morgan fingerprint density at radius 3 is 2.50 bits per heavy atom. The van der Waals surface area contributed by atoms with Gasteiger partial charge in [0.15, 0.2) is 0 Å². The third-order valence-corrected chi connectivity index (χ3v) is 4.28. The Balaban J connectivity index is 2.20. The number of aromatic amines is 1. The highest BCUT2D eigenvalue weighted by atomic mass is 19.4. The SMILES string of the molecule is CNC(=O)c1[nH]c(-c2ccnc(NC)n2)cc1-c1cc(C(F)(F)F)ccc1C. The summed E-state index contributed by atoms with van der Waals surface area (Å²) < 4.78 is 39.5. The van der Waals surface area contributed by atoms with Gasteiger partial charge in [-0.3, -0.25) is 4.79 Å². The van der Waals surface area contributed by atoms with Crippen molar-refractivity contribution in [2.45, 2.75) is 13.1 Å². The van der Waals surface area contributed by atoms with Gasteiger partial charge < -0.3 is 15.6 Å². The standard InChI is InChI=1S/C19H18F3N5O/c1-10-4-5-11(19(20,21)22)8-12(10)13-9-15(26-16(13)17(28)23-2)14-6-7-25-18(24-3)27-14/h4-9,26H,1-3H3,(H,23,28)(H,24,25,27). The summed E-state index contributed by atoms with van der Waals surface area (Å²) in [6.07, 6.45) is -2.94. The second-order valence-corrected chi connectivity index (χ2v) is 6.09. The molecule has 6 nitrogen and oxygen atoms in total. The molecule has 0 aliphatic carbocycles. The number of aromatic nitrogens is 3. The summed E-state index contributed by atoms with van der Waals surface area (Å²) in [7, 11) is 3.12. The number of carbonyl (C=O) groups excluding carboxylic acids is 1. The van der Waals surface area contributed by atoms with Crippen molar-refractivity contribution in [1.29, 1.82) is 0 Å². The second-order valence-electron chi connectivity index (χ2n) is 6.09. The zero-order valence-corrected chi connectivity index (χ0v) is 15.4. The van der Waals surface area contributed by atoms with Gasteiger partial charge in [0, 0.05) is 25.9 Å². The maximum atomic E-state index is 13.2. The lowest BCUT2D eigenvalue weighted by Crippen LogP contribution is -2.19. The van der Waals surface area contributed by atoms with Crippen LogP contribution in [0.3, 0.4) is 0 Å². The highest BCUT2D eigenvalue weighted by Crippen LogP contribution is 2.36. The molecule has 0 aliphatic rings. The summed E-state index contributed by atoms with van der Waals surface area (Å²) in [6.45, 7) is 1.69. The zero-order chi connectivity index (χ0) is 20.5. The highest BCUT2D eigenvalue weighted by Gasteiger charge is 2.31. The molecule has 0 saturated heterocycles. The number of nitrogens with zero attached hydrogens (tertiary/aromatic N) is 2. The number of nitrogens with one attached hydrogen (secondary N) is 3. The van der Waals surface area contributed by atoms with Gasteiger partial charge in [-0.05, 0) is 42.3 Å². The molecule has 0 aliphatic heterocycles. The van der Waals surface area contributed by atoms with Gasteiger partial charge in [0.25, 0.3) is 5.91 Å². The van der Waals surface area contributed by atoms with E-state index in [1.54, 1.807) is 32.3 Å². The van der Waals surface area contributed by atoms with E-state index in [0.29, 0.717) is 34.0 Å². The molecule has 0 bridgehead atoms. The molecule has 146 valence electrons. The van der Waals surface area contributed by atoms with Crippen molar-refractivity contribution in [3.05, 3.63) is 53.3 Å². The molecule has 0 spiro atoms. The molecule has 28 heavy (non-hydrogen) atoms. The first-order valence-corrected chi connectivity index (χ1v) is 8.39. The van der Waals surface area contributed by atoms with E-state index < -0.39 is 17.6 Å². The fourth-order valence-corrected chi connectivity index (χ4v) is 2.83. The molecule has 9 heteroatoms. The zero-order valence-electron chi connectivity index (χ0n) is 15.4. The first kappa shape index (κ1) is 19.4. The summed E-state index contributed by atoms with van der Waals surface area (Å²) in [6, 6.07) is 6.73. The number of anilines is 1. The Morgan fingerprint density at radius 2 is 1.86 bits per heavy atom. The van der Waals surface area contributed by atoms with Crippen molar-refractivity contribution in [2.24, 2.45) is 0 Å². The van der Waals surface area contributed by atoms with Gasteiger partial charge in [0.1, 0.15) is 5.69 Å². The van der Waals surface area contributed by atoms with Crippen LogP contribution in [0, 0.1) is 6.92 Å². The van der Waals surface area contributed by atoms with Crippen molar-refractivity contribution in [1.82, 2.24) is 20.3 Å². The number of benzene rings is 1. The first-order valence-electron chi connectivity index (χ1n) is 8.39. The van der Waals surface area contributed by atoms with Crippen molar-refractivity contribution >= 4 is 11.9 Å². The largest absolute Gasteiger partial charge is 0.416 e. The smallest absolute Gasteiger partial charge is 0.357 e. The molecule has 2 heterocycles. The normalized spacial score (nSPS) is 11.4. The van der Waals surface area contributed by atoms with Crippen LogP contribution >= 0.6 is 0 Å². The first-order chi connectivity index (χ1) is 13.2. The van der Waals surface area contributed by atoms with Crippen LogP contribution in [0.5, 0.6) is 0 Å². The molecule has 1 amide bonds. The third kappa shape index (κ3) is 3.68. The minimum absolute atomic E-state index is 0.157. The molecular weight excluding hydrogens is 371 g/mol. The van der Waals surface area contributed by atoms with Gasteiger partial charge in [-0.25, -0.2) is 9.97 Å². The average Bonchev–Trinajstić information content (AvgIpc) is 3.12. The van der Waals surface area contributed by atoms with E-state index in [1.165, 1.54) is 13.1 Å². The molecule has 0 radical (unpaired) electrons. The number of carbonyl (C=O) groups is 1. The summed E-state index contributed by atoms with van der Waals surface area (Å²) >= 11 is 0. The molecule has 0 unspecified atom stereocenters. The number of alkyl halides is 3. The van der Waals surface area contributed by atoms with Crippen molar-refractivity contribution < 1.29 is 18.0 Å².